The van der Waals surface area contributed by atoms with Crippen LogP contribution in [0.15, 0.2) is 0 Å². The Morgan fingerprint density at radius 3 is 2.29 bits per heavy atom. The fraction of sp³-hybridized carbons (Fsp3) is 1.00. The van der Waals surface area contributed by atoms with E-state index in [4.69, 9.17) is 9.84 Å². The molecule has 0 aromatic rings. The number of hydrogen-bond acceptors (Lipinski definition) is 3. The summed E-state index contributed by atoms with van der Waals surface area (Å²) in [5.41, 5.74) is 0.283. The maximum absolute atomic E-state index is 9.07. The lowest BCUT2D eigenvalue weighted by Crippen LogP contribution is -2.45. The zero-order valence-corrected chi connectivity index (χ0v) is 11.7. The molecule has 0 radical (unpaired) electrons. The van der Waals surface area contributed by atoms with Crippen LogP contribution in [0.4, 0.5) is 0 Å². The highest BCUT2D eigenvalue weighted by atomic mass is 16.5. The molecule has 0 amide bonds. The van der Waals surface area contributed by atoms with E-state index in [1.54, 1.807) is 0 Å². The van der Waals surface area contributed by atoms with Gasteiger partial charge in [0.2, 0.25) is 0 Å². The highest BCUT2D eigenvalue weighted by Gasteiger charge is 2.48. The first kappa shape index (κ1) is 13.3. The average Bonchev–Trinajstić information content (AvgIpc) is 2.87. The average molecular weight is 241 g/mol. The van der Waals surface area contributed by atoms with Crippen molar-refractivity contribution >= 4 is 0 Å². The van der Waals surface area contributed by atoms with Crippen LogP contribution >= 0.6 is 0 Å². The summed E-state index contributed by atoms with van der Waals surface area (Å²) in [6, 6.07) is 0.425. The van der Waals surface area contributed by atoms with Crippen molar-refractivity contribution in [3.05, 3.63) is 0 Å². The molecule has 0 bridgehead atoms. The van der Waals surface area contributed by atoms with E-state index in [1.165, 1.54) is 12.8 Å². The Hall–Kier alpha value is -0.120. The lowest BCUT2D eigenvalue weighted by molar-refractivity contribution is -0.0700. The molecular formula is C14H27NO2. The van der Waals surface area contributed by atoms with Gasteiger partial charge in [-0.2, -0.15) is 0 Å². The van der Waals surface area contributed by atoms with Crippen LogP contribution in [-0.4, -0.2) is 35.5 Å². The molecule has 3 nitrogen and oxygen atoms in total. The molecule has 1 saturated carbocycles. The van der Waals surface area contributed by atoms with Gasteiger partial charge in [0.1, 0.15) is 0 Å². The van der Waals surface area contributed by atoms with Gasteiger partial charge in [0, 0.05) is 19.2 Å². The van der Waals surface area contributed by atoms with Gasteiger partial charge in [-0.25, -0.2) is 0 Å². The van der Waals surface area contributed by atoms with Gasteiger partial charge in [-0.05, 0) is 58.8 Å². The molecule has 1 heterocycles. The van der Waals surface area contributed by atoms with E-state index in [0.717, 1.165) is 19.4 Å². The van der Waals surface area contributed by atoms with Gasteiger partial charge in [0.05, 0.1) is 11.2 Å². The second-order valence-corrected chi connectivity index (χ2v) is 7.08. The van der Waals surface area contributed by atoms with Gasteiger partial charge in [0.15, 0.2) is 0 Å². The SMILES string of the molecule is CC1(C)CC(NCC2(CCO)CC2)C(C)(C)O1. The van der Waals surface area contributed by atoms with Crippen molar-refractivity contribution in [3.8, 4) is 0 Å². The molecular weight excluding hydrogens is 214 g/mol. The monoisotopic (exact) mass is 241 g/mol. The zero-order valence-electron chi connectivity index (χ0n) is 11.7. The normalized spacial score (nSPS) is 32.6. The lowest BCUT2D eigenvalue weighted by atomic mass is 9.93. The second kappa shape index (κ2) is 4.22. The molecule has 2 aliphatic rings. The van der Waals surface area contributed by atoms with Gasteiger partial charge < -0.3 is 15.2 Å². The summed E-state index contributed by atoms with van der Waals surface area (Å²) in [7, 11) is 0. The van der Waals surface area contributed by atoms with Crippen molar-refractivity contribution < 1.29 is 9.84 Å². The van der Waals surface area contributed by atoms with Crippen molar-refractivity contribution in [1.82, 2.24) is 5.32 Å². The summed E-state index contributed by atoms with van der Waals surface area (Å²) < 4.78 is 6.08. The van der Waals surface area contributed by atoms with Crippen LogP contribution in [0.2, 0.25) is 0 Å². The Bertz CT molecular complexity index is 282. The molecule has 100 valence electrons. The number of rotatable bonds is 5. The molecule has 1 aliphatic heterocycles. The predicted octanol–water partition coefficient (Wildman–Crippen LogP) is 2.08. The molecule has 0 aromatic heterocycles. The van der Waals surface area contributed by atoms with Gasteiger partial charge in [-0.3, -0.25) is 0 Å². The van der Waals surface area contributed by atoms with Crippen molar-refractivity contribution in [3.63, 3.8) is 0 Å². The van der Waals surface area contributed by atoms with Crippen molar-refractivity contribution in [1.29, 1.82) is 0 Å². The lowest BCUT2D eigenvalue weighted by Gasteiger charge is -2.29. The van der Waals surface area contributed by atoms with Gasteiger partial charge in [0.25, 0.3) is 0 Å². The van der Waals surface area contributed by atoms with Crippen LogP contribution in [0.25, 0.3) is 0 Å². The van der Waals surface area contributed by atoms with E-state index >= 15 is 0 Å². The Morgan fingerprint density at radius 1 is 1.24 bits per heavy atom. The van der Waals surface area contributed by atoms with E-state index in [1.807, 2.05) is 0 Å². The number of nitrogens with one attached hydrogen (secondary N) is 1. The third-order valence-corrected chi connectivity index (χ3v) is 4.40. The fourth-order valence-electron chi connectivity index (χ4n) is 3.15. The minimum atomic E-state index is -0.0845. The van der Waals surface area contributed by atoms with Crippen molar-refractivity contribution in [2.45, 2.75) is 70.6 Å². The predicted molar refractivity (Wildman–Crippen MR) is 69.0 cm³/mol. The molecule has 2 rings (SSSR count). The van der Waals surface area contributed by atoms with Crippen LogP contribution in [-0.2, 0) is 4.74 Å². The minimum absolute atomic E-state index is 0.0190. The molecule has 1 atom stereocenters. The summed E-state index contributed by atoms with van der Waals surface area (Å²) in [6.45, 7) is 10.0. The smallest absolute Gasteiger partial charge is 0.0787 e. The number of aliphatic hydroxyl groups excluding tert-OH is 1. The molecule has 17 heavy (non-hydrogen) atoms. The fourth-order valence-corrected chi connectivity index (χ4v) is 3.15. The van der Waals surface area contributed by atoms with Crippen LogP contribution in [0.5, 0.6) is 0 Å². The summed E-state index contributed by atoms with van der Waals surface area (Å²) >= 11 is 0. The maximum atomic E-state index is 9.07. The Kier molecular flexibility index (Phi) is 3.30. The van der Waals surface area contributed by atoms with Gasteiger partial charge in [-0.15, -0.1) is 0 Å². The molecule has 1 unspecified atom stereocenters. The Morgan fingerprint density at radius 2 is 1.88 bits per heavy atom. The van der Waals surface area contributed by atoms with E-state index in [0.29, 0.717) is 18.1 Å². The van der Waals surface area contributed by atoms with Gasteiger partial charge in [-0.1, -0.05) is 0 Å². The van der Waals surface area contributed by atoms with Crippen LogP contribution < -0.4 is 5.32 Å². The highest BCUT2D eigenvalue weighted by molar-refractivity contribution is 5.02. The van der Waals surface area contributed by atoms with Crippen LogP contribution in [0.1, 0.15) is 53.4 Å². The first-order chi connectivity index (χ1) is 7.79. The zero-order chi connectivity index (χ0) is 12.7. The number of ether oxygens (including phenoxy) is 1. The first-order valence-corrected chi connectivity index (χ1v) is 6.83. The summed E-state index contributed by atoms with van der Waals surface area (Å²) in [6.07, 6.45) is 4.53. The minimum Gasteiger partial charge on any atom is -0.396 e. The molecule has 0 spiro atoms. The number of aliphatic hydroxyl groups is 1. The third kappa shape index (κ3) is 3.01. The second-order valence-electron chi connectivity index (χ2n) is 7.08. The summed E-state index contributed by atoms with van der Waals surface area (Å²) in [5, 5.41) is 12.7. The maximum Gasteiger partial charge on any atom is 0.0787 e. The number of hydrogen-bond donors (Lipinski definition) is 2. The van der Waals surface area contributed by atoms with Gasteiger partial charge >= 0.3 is 0 Å². The molecule has 1 aliphatic carbocycles. The van der Waals surface area contributed by atoms with E-state index < -0.39 is 0 Å². The largest absolute Gasteiger partial charge is 0.396 e. The van der Waals surface area contributed by atoms with E-state index in [-0.39, 0.29) is 11.2 Å². The summed E-state index contributed by atoms with van der Waals surface area (Å²) in [4.78, 5) is 0. The standard InChI is InChI=1S/C14H27NO2/c1-12(2)9-11(13(3,4)17-12)15-10-14(5-6-14)7-8-16/h11,15-16H,5-10H2,1-4H3. The van der Waals surface area contributed by atoms with E-state index in [2.05, 4.69) is 33.0 Å². The highest BCUT2D eigenvalue weighted by Crippen LogP contribution is 2.48. The molecule has 3 heteroatoms. The first-order valence-electron chi connectivity index (χ1n) is 6.83. The van der Waals surface area contributed by atoms with Crippen molar-refractivity contribution in [2.24, 2.45) is 5.41 Å². The topological polar surface area (TPSA) is 41.5 Å². The van der Waals surface area contributed by atoms with E-state index in [9.17, 15) is 0 Å². The summed E-state index contributed by atoms with van der Waals surface area (Å²) in [5.74, 6) is 0. The van der Waals surface area contributed by atoms with Crippen LogP contribution in [0.3, 0.4) is 0 Å². The quantitative estimate of drug-likeness (QED) is 0.774. The third-order valence-electron chi connectivity index (χ3n) is 4.40. The Balaban J connectivity index is 1.87. The molecule has 2 fully saturated rings. The van der Waals surface area contributed by atoms with Crippen molar-refractivity contribution in [2.75, 3.05) is 13.2 Å². The molecule has 1 saturated heterocycles. The van der Waals surface area contributed by atoms with Crippen LogP contribution in [0, 0.1) is 5.41 Å². The molecule has 0 aromatic carbocycles. The Labute approximate surface area is 105 Å². The molecule has 2 N–H and O–H groups in total.